The Hall–Kier alpha value is -1.82. The summed E-state index contributed by atoms with van der Waals surface area (Å²) in [4.78, 5) is 0. The Bertz CT molecular complexity index is 795. The van der Waals surface area contributed by atoms with Crippen LogP contribution in [0.1, 0.15) is 67.5 Å². The molecule has 0 spiro atoms. The highest BCUT2D eigenvalue weighted by Crippen LogP contribution is 2.40. The summed E-state index contributed by atoms with van der Waals surface area (Å²) in [5.41, 5.74) is 12.2. The summed E-state index contributed by atoms with van der Waals surface area (Å²) in [5.74, 6) is 0. The van der Waals surface area contributed by atoms with Crippen LogP contribution < -0.4 is 0 Å². The van der Waals surface area contributed by atoms with Gasteiger partial charge in [0, 0.05) is 0 Å². The lowest BCUT2D eigenvalue weighted by atomic mass is 9.85. The summed E-state index contributed by atoms with van der Waals surface area (Å²) in [5, 5.41) is 0. The van der Waals surface area contributed by atoms with Gasteiger partial charge in [-0.15, -0.1) is 0 Å². The van der Waals surface area contributed by atoms with Crippen LogP contribution in [-0.2, 0) is 24.7 Å². The van der Waals surface area contributed by atoms with Gasteiger partial charge in [0.2, 0.25) is 0 Å². The van der Waals surface area contributed by atoms with Crippen molar-refractivity contribution in [1.29, 1.82) is 0 Å². The van der Waals surface area contributed by atoms with Crippen molar-refractivity contribution in [3.63, 3.8) is 0 Å². The number of benzene rings is 2. The van der Waals surface area contributed by atoms with Crippen molar-refractivity contribution < 1.29 is 0 Å². The van der Waals surface area contributed by atoms with Crippen LogP contribution in [0.5, 0.6) is 0 Å². The van der Waals surface area contributed by atoms with Crippen molar-refractivity contribution in [2.24, 2.45) is 0 Å². The monoisotopic (exact) mass is 302 g/mol. The maximum Gasteiger partial charge on any atom is -0.00542 e. The molecule has 0 fully saturated rings. The van der Waals surface area contributed by atoms with Gasteiger partial charge in [-0.1, -0.05) is 62.7 Å². The lowest BCUT2D eigenvalue weighted by molar-refractivity contribution is 0.590. The fourth-order valence-corrected chi connectivity index (χ4v) is 4.20. The molecule has 0 amide bonds. The summed E-state index contributed by atoms with van der Waals surface area (Å²) in [6.45, 7) is 9.14. The van der Waals surface area contributed by atoms with Crippen LogP contribution in [-0.4, -0.2) is 0 Å². The molecule has 0 saturated carbocycles. The Morgan fingerprint density at radius 3 is 2.13 bits per heavy atom. The molecular formula is C23H26. The Morgan fingerprint density at radius 1 is 0.826 bits per heavy atom. The molecule has 0 heteroatoms. The first-order valence-corrected chi connectivity index (χ1v) is 8.89. The molecule has 118 valence electrons. The maximum atomic E-state index is 2.49. The van der Waals surface area contributed by atoms with E-state index in [4.69, 9.17) is 0 Å². The van der Waals surface area contributed by atoms with Crippen molar-refractivity contribution >= 4 is 5.57 Å². The molecule has 0 heterocycles. The third-order valence-electron chi connectivity index (χ3n) is 5.51. The zero-order valence-electron chi connectivity index (χ0n) is 14.8. The van der Waals surface area contributed by atoms with E-state index >= 15 is 0 Å². The van der Waals surface area contributed by atoms with Crippen LogP contribution in [0.25, 0.3) is 5.57 Å². The third kappa shape index (κ3) is 2.45. The van der Waals surface area contributed by atoms with E-state index in [1.807, 2.05) is 0 Å². The standard InChI is InChI=1S/C23H26/c1-15-12-19-13-17-6-5-7-18(17)14-21(19)22(15)16-8-10-20(11-9-16)23(2,3)4/h8-11,13-14H,5-7,12H2,1-4H3. The summed E-state index contributed by atoms with van der Waals surface area (Å²) < 4.78 is 0. The summed E-state index contributed by atoms with van der Waals surface area (Å²) in [7, 11) is 0. The molecule has 0 unspecified atom stereocenters. The molecular weight excluding hydrogens is 276 g/mol. The third-order valence-corrected chi connectivity index (χ3v) is 5.51. The van der Waals surface area contributed by atoms with Gasteiger partial charge in [-0.25, -0.2) is 0 Å². The van der Waals surface area contributed by atoms with Gasteiger partial charge in [-0.3, -0.25) is 0 Å². The van der Waals surface area contributed by atoms with Gasteiger partial charge in [0.25, 0.3) is 0 Å². The highest BCUT2D eigenvalue weighted by molar-refractivity contribution is 5.87. The molecule has 2 aliphatic carbocycles. The fraction of sp³-hybridized carbons (Fsp3) is 0.391. The van der Waals surface area contributed by atoms with Crippen molar-refractivity contribution in [3.8, 4) is 0 Å². The predicted molar refractivity (Wildman–Crippen MR) is 99.0 cm³/mol. The second kappa shape index (κ2) is 5.09. The first-order chi connectivity index (χ1) is 10.9. The molecule has 2 aromatic carbocycles. The SMILES string of the molecule is CC1=C(c2ccc(C(C)(C)C)cc2)c2cc3c(cc2C1)CCC3. The molecule has 0 saturated heterocycles. The molecule has 2 aliphatic rings. The molecule has 2 aromatic rings. The second-order valence-corrected chi connectivity index (χ2v) is 8.29. The highest BCUT2D eigenvalue weighted by atomic mass is 14.3. The van der Waals surface area contributed by atoms with Gasteiger partial charge in [0.15, 0.2) is 0 Å². The van der Waals surface area contributed by atoms with Crippen LogP contribution in [0, 0.1) is 0 Å². The van der Waals surface area contributed by atoms with Gasteiger partial charge in [-0.2, -0.15) is 0 Å². The van der Waals surface area contributed by atoms with E-state index in [0.29, 0.717) is 0 Å². The second-order valence-electron chi connectivity index (χ2n) is 8.29. The number of hydrogen-bond donors (Lipinski definition) is 0. The molecule has 0 bridgehead atoms. The largest absolute Gasteiger partial charge is 0.0605 e. The molecule has 0 atom stereocenters. The number of hydrogen-bond acceptors (Lipinski definition) is 0. The lowest BCUT2D eigenvalue weighted by Gasteiger charge is -2.19. The normalized spacial score (nSPS) is 16.7. The van der Waals surface area contributed by atoms with E-state index in [1.165, 1.54) is 52.7 Å². The smallest absolute Gasteiger partial charge is 0.00542 e. The van der Waals surface area contributed by atoms with Crippen LogP contribution in [0.15, 0.2) is 42.0 Å². The quantitative estimate of drug-likeness (QED) is 0.620. The first kappa shape index (κ1) is 14.8. The van der Waals surface area contributed by atoms with Crippen LogP contribution >= 0.6 is 0 Å². The zero-order valence-corrected chi connectivity index (χ0v) is 14.8. The van der Waals surface area contributed by atoms with E-state index < -0.39 is 0 Å². The van der Waals surface area contributed by atoms with Crippen molar-refractivity contribution in [3.05, 3.63) is 75.4 Å². The Kier molecular flexibility index (Phi) is 3.27. The van der Waals surface area contributed by atoms with Crippen molar-refractivity contribution in [1.82, 2.24) is 0 Å². The van der Waals surface area contributed by atoms with E-state index in [1.54, 1.807) is 11.1 Å². The van der Waals surface area contributed by atoms with E-state index in [-0.39, 0.29) is 5.41 Å². The molecule has 23 heavy (non-hydrogen) atoms. The minimum atomic E-state index is 0.219. The van der Waals surface area contributed by atoms with Gasteiger partial charge < -0.3 is 0 Å². The Balaban J connectivity index is 1.77. The summed E-state index contributed by atoms with van der Waals surface area (Å²) in [6, 6.07) is 14.2. The Labute approximate surface area is 140 Å². The minimum absolute atomic E-state index is 0.219. The van der Waals surface area contributed by atoms with Crippen LogP contribution in [0.2, 0.25) is 0 Å². The maximum absolute atomic E-state index is 2.49. The average Bonchev–Trinajstić information content (AvgIpc) is 3.06. The molecule has 0 N–H and O–H groups in total. The summed E-state index contributed by atoms with van der Waals surface area (Å²) >= 11 is 0. The van der Waals surface area contributed by atoms with Crippen LogP contribution in [0.3, 0.4) is 0 Å². The van der Waals surface area contributed by atoms with E-state index in [0.717, 1.165) is 6.42 Å². The van der Waals surface area contributed by atoms with E-state index in [9.17, 15) is 0 Å². The Morgan fingerprint density at radius 2 is 1.48 bits per heavy atom. The lowest BCUT2D eigenvalue weighted by Crippen LogP contribution is -2.10. The average molecular weight is 302 g/mol. The topological polar surface area (TPSA) is 0 Å². The van der Waals surface area contributed by atoms with Gasteiger partial charge in [0.1, 0.15) is 0 Å². The predicted octanol–water partition coefficient (Wildman–Crippen LogP) is 5.85. The molecule has 0 aliphatic heterocycles. The minimum Gasteiger partial charge on any atom is -0.0605 e. The highest BCUT2D eigenvalue weighted by Gasteiger charge is 2.24. The first-order valence-electron chi connectivity index (χ1n) is 8.89. The molecule has 0 nitrogen and oxygen atoms in total. The van der Waals surface area contributed by atoms with Crippen molar-refractivity contribution in [2.45, 2.75) is 58.8 Å². The molecule has 0 aromatic heterocycles. The number of aryl methyl sites for hydroxylation is 2. The van der Waals surface area contributed by atoms with Gasteiger partial charge in [-0.05, 0) is 77.0 Å². The number of fused-ring (bicyclic) bond motifs is 2. The van der Waals surface area contributed by atoms with E-state index in [2.05, 4.69) is 64.1 Å². The molecule has 0 radical (unpaired) electrons. The van der Waals surface area contributed by atoms with Gasteiger partial charge in [0.05, 0.1) is 0 Å². The van der Waals surface area contributed by atoms with Crippen LogP contribution in [0.4, 0.5) is 0 Å². The van der Waals surface area contributed by atoms with Gasteiger partial charge >= 0.3 is 0 Å². The zero-order chi connectivity index (χ0) is 16.2. The number of rotatable bonds is 1. The summed E-state index contributed by atoms with van der Waals surface area (Å²) in [6.07, 6.45) is 4.99. The molecule has 4 rings (SSSR count). The fourth-order valence-electron chi connectivity index (χ4n) is 4.20. The van der Waals surface area contributed by atoms with Crippen molar-refractivity contribution in [2.75, 3.05) is 0 Å². The number of allylic oxidation sites excluding steroid dienone is 1.